The summed E-state index contributed by atoms with van der Waals surface area (Å²) < 4.78 is 16.0. The number of rotatable bonds is 4. The fourth-order valence-electron chi connectivity index (χ4n) is 3.27. The Morgan fingerprint density at radius 3 is 2.88 bits per heavy atom. The van der Waals surface area contributed by atoms with Crippen molar-refractivity contribution in [1.82, 2.24) is 19.8 Å². The number of carbonyl (C=O) groups is 1. The highest BCUT2D eigenvalue weighted by molar-refractivity contribution is 5.77. The van der Waals surface area contributed by atoms with Crippen molar-refractivity contribution in [3.05, 3.63) is 53.4 Å². The zero-order valence-corrected chi connectivity index (χ0v) is 14.2. The van der Waals surface area contributed by atoms with Crippen molar-refractivity contribution in [2.24, 2.45) is 7.05 Å². The van der Waals surface area contributed by atoms with Gasteiger partial charge in [0.15, 0.2) is 0 Å². The molecule has 1 aliphatic heterocycles. The maximum Gasteiger partial charge on any atom is 0.223 e. The maximum absolute atomic E-state index is 14.1. The minimum absolute atomic E-state index is 0.0288. The number of nitrogens with zero attached hydrogens (tertiary/aromatic N) is 4. The summed E-state index contributed by atoms with van der Waals surface area (Å²) in [6.07, 6.45) is 4.67. The van der Waals surface area contributed by atoms with E-state index in [1.54, 1.807) is 30.3 Å². The van der Waals surface area contributed by atoms with Gasteiger partial charge in [-0.05, 0) is 18.6 Å². The van der Waals surface area contributed by atoms with Crippen LogP contribution in [0.5, 0.6) is 0 Å². The predicted octanol–water partition coefficient (Wildman–Crippen LogP) is 1.88. The maximum atomic E-state index is 14.1. The summed E-state index contributed by atoms with van der Waals surface area (Å²) in [5, 5.41) is 12.2. The summed E-state index contributed by atoms with van der Waals surface area (Å²) in [7, 11) is 3.67. The van der Waals surface area contributed by atoms with Crippen LogP contribution in [0.3, 0.4) is 0 Å². The van der Waals surface area contributed by atoms with E-state index in [2.05, 4.69) is 10.3 Å². The Morgan fingerprint density at radius 1 is 1.44 bits per heavy atom. The first-order valence-electron chi connectivity index (χ1n) is 8.16. The molecule has 0 aliphatic carbocycles. The summed E-state index contributed by atoms with van der Waals surface area (Å²) in [6.45, 7) is 0.325. The number of amides is 1. The van der Waals surface area contributed by atoms with Gasteiger partial charge >= 0.3 is 0 Å². The smallest absolute Gasteiger partial charge is 0.223 e. The van der Waals surface area contributed by atoms with E-state index in [4.69, 9.17) is 5.26 Å². The number of aryl methyl sites for hydroxylation is 1. The second-order valence-electron chi connectivity index (χ2n) is 6.29. The van der Waals surface area contributed by atoms with E-state index in [9.17, 15) is 9.18 Å². The van der Waals surface area contributed by atoms with Crippen molar-refractivity contribution in [1.29, 1.82) is 5.26 Å². The molecule has 25 heavy (non-hydrogen) atoms. The minimum Gasteiger partial charge on any atom is -0.336 e. The molecule has 1 aromatic carbocycles. The number of piperidine rings is 1. The van der Waals surface area contributed by atoms with Crippen molar-refractivity contribution >= 4 is 5.91 Å². The molecule has 3 rings (SSSR count). The second-order valence-corrected chi connectivity index (χ2v) is 6.29. The average molecular weight is 341 g/mol. The standard InChI is InChI=1S/C18H20FN5O/c1-23-8-7-21-18(23)17-15(5-6-16(25)24(17)2)22-11-13-4-3-12(10-20)9-14(13)19/h3-4,7-9,15,17,22H,5-6,11H2,1-2H3/t15-,17-/m1/s1. The molecule has 0 radical (unpaired) electrons. The molecule has 1 fully saturated rings. The van der Waals surface area contributed by atoms with Gasteiger partial charge in [-0.3, -0.25) is 4.79 Å². The third kappa shape index (κ3) is 3.39. The van der Waals surface area contributed by atoms with Crippen LogP contribution in [0.4, 0.5) is 4.39 Å². The number of halogens is 1. The third-order valence-corrected chi connectivity index (χ3v) is 4.72. The van der Waals surface area contributed by atoms with E-state index < -0.39 is 5.82 Å². The third-order valence-electron chi connectivity index (χ3n) is 4.72. The highest BCUT2D eigenvalue weighted by Crippen LogP contribution is 2.30. The molecule has 2 aromatic rings. The molecule has 0 bridgehead atoms. The van der Waals surface area contributed by atoms with Crippen LogP contribution >= 0.6 is 0 Å². The Balaban J connectivity index is 1.79. The topological polar surface area (TPSA) is 74.0 Å². The summed E-state index contributed by atoms with van der Waals surface area (Å²) in [5.41, 5.74) is 0.798. The van der Waals surface area contributed by atoms with Crippen molar-refractivity contribution in [3.8, 4) is 6.07 Å². The van der Waals surface area contributed by atoms with E-state index >= 15 is 0 Å². The lowest BCUT2D eigenvalue weighted by molar-refractivity contribution is -0.136. The fraction of sp³-hybridized carbons (Fsp3) is 0.389. The first-order chi connectivity index (χ1) is 12.0. The summed E-state index contributed by atoms with van der Waals surface area (Å²) in [4.78, 5) is 18.2. The Morgan fingerprint density at radius 2 is 2.24 bits per heavy atom. The molecule has 1 saturated heterocycles. The zero-order valence-electron chi connectivity index (χ0n) is 14.2. The van der Waals surface area contributed by atoms with Crippen molar-refractivity contribution in [3.63, 3.8) is 0 Å². The van der Waals surface area contributed by atoms with Crippen LogP contribution in [-0.4, -0.2) is 33.4 Å². The van der Waals surface area contributed by atoms with Crippen LogP contribution < -0.4 is 5.32 Å². The second kappa shape index (κ2) is 7.03. The van der Waals surface area contributed by atoms with Crippen LogP contribution in [-0.2, 0) is 18.4 Å². The fourth-order valence-corrected chi connectivity index (χ4v) is 3.27. The SMILES string of the molecule is CN1C(=O)CC[C@@H](NCc2ccc(C#N)cc2F)[C@@H]1c1nccn1C. The average Bonchev–Trinajstić information content (AvgIpc) is 3.02. The van der Waals surface area contributed by atoms with Gasteiger partial charge in [0.25, 0.3) is 0 Å². The monoisotopic (exact) mass is 341 g/mol. The Bertz CT molecular complexity index is 825. The molecule has 7 heteroatoms. The molecule has 130 valence electrons. The number of carbonyl (C=O) groups excluding carboxylic acids is 1. The van der Waals surface area contributed by atoms with Gasteiger partial charge in [0.1, 0.15) is 17.7 Å². The van der Waals surface area contributed by atoms with Gasteiger partial charge in [0, 0.05) is 51.1 Å². The molecule has 0 spiro atoms. The van der Waals surface area contributed by atoms with Gasteiger partial charge in [-0.25, -0.2) is 9.37 Å². The van der Waals surface area contributed by atoms with E-state index in [1.807, 2.05) is 23.9 Å². The van der Waals surface area contributed by atoms with Crippen LogP contribution in [0.25, 0.3) is 0 Å². The highest BCUT2D eigenvalue weighted by atomic mass is 19.1. The molecule has 2 heterocycles. The van der Waals surface area contributed by atoms with Crippen LogP contribution in [0.2, 0.25) is 0 Å². The Kier molecular flexibility index (Phi) is 4.81. The van der Waals surface area contributed by atoms with Crippen LogP contribution in [0, 0.1) is 17.1 Å². The Labute approximate surface area is 145 Å². The molecule has 1 N–H and O–H groups in total. The molecule has 1 aromatic heterocycles. The van der Waals surface area contributed by atoms with E-state index in [0.29, 0.717) is 30.5 Å². The van der Waals surface area contributed by atoms with Crippen LogP contribution in [0.15, 0.2) is 30.6 Å². The molecule has 0 saturated carbocycles. The van der Waals surface area contributed by atoms with Gasteiger partial charge < -0.3 is 14.8 Å². The van der Waals surface area contributed by atoms with Crippen molar-refractivity contribution in [2.75, 3.05) is 7.05 Å². The van der Waals surface area contributed by atoms with Crippen molar-refractivity contribution < 1.29 is 9.18 Å². The lowest BCUT2D eigenvalue weighted by Crippen LogP contribution is -2.49. The lowest BCUT2D eigenvalue weighted by atomic mass is 9.95. The van der Waals surface area contributed by atoms with Gasteiger partial charge in [-0.1, -0.05) is 6.07 Å². The Hall–Kier alpha value is -2.72. The largest absolute Gasteiger partial charge is 0.336 e. The number of likely N-dealkylation sites (N-methyl/N-ethyl adjacent to an activating group) is 1. The van der Waals surface area contributed by atoms with Crippen LogP contribution in [0.1, 0.15) is 35.8 Å². The zero-order chi connectivity index (χ0) is 18.0. The van der Waals surface area contributed by atoms with E-state index in [-0.39, 0.29) is 18.0 Å². The summed E-state index contributed by atoms with van der Waals surface area (Å²) >= 11 is 0. The van der Waals surface area contributed by atoms with Crippen molar-refractivity contribution in [2.45, 2.75) is 31.5 Å². The lowest BCUT2D eigenvalue weighted by Gasteiger charge is -2.39. The van der Waals surface area contributed by atoms with Gasteiger partial charge in [-0.2, -0.15) is 5.26 Å². The predicted molar refractivity (Wildman–Crippen MR) is 89.7 cm³/mol. The molecule has 1 amide bonds. The first-order valence-corrected chi connectivity index (χ1v) is 8.16. The number of nitriles is 1. The number of imidazole rings is 1. The van der Waals surface area contributed by atoms with E-state index in [1.165, 1.54) is 6.07 Å². The number of hydrogen-bond donors (Lipinski definition) is 1. The number of benzene rings is 1. The molecular formula is C18H20FN5O. The van der Waals surface area contributed by atoms with Gasteiger partial charge in [-0.15, -0.1) is 0 Å². The summed E-state index contributed by atoms with van der Waals surface area (Å²) in [5.74, 6) is 0.476. The van der Waals surface area contributed by atoms with E-state index in [0.717, 1.165) is 5.82 Å². The highest BCUT2D eigenvalue weighted by Gasteiger charge is 2.36. The quantitative estimate of drug-likeness (QED) is 0.921. The number of nitrogens with one attached hydrogen (secondary N) is 1. The molecule has 6 nitrogen and oxygen atoms in total. The minimum atomic E-state index is -0.402. The normalized spacial score (nSPS) is 20.6. The molecule has 2 atom stereocenters. The molecule has 1 aliphatic rings. The van der Waals surface area contributed by atoms with Gasteiger partial charge in [0.05, 0.1) is 11.6 Å². The van der Waals surface area contributed by atoms with Gasteiger partial charge in [0.2, 0.25) is 5.91 Å². The molecular weight excluding hydrogens is 321 g/mol. The number of hydrogen-bond acceptors (Lipinski definition) is 4. The molecule has 0 unspecified atom stereocenters. The first kappa shape index (κ1) is 17.1. The number of likely N-dealkylation sites (tertiary alicyclic amines) is 1. The summed E-state index contributed by atoms with van der Waals surface area (Å²) in [6, 6.07) is 6.16. The number of aromatic nitrogens is 2.